The Labute approximate surface area is 129 Å². The lowest BCUT2D eigenvalue weighted by molar-refractivity contribution is -0.0181. The SMILES string of the molecule is CC(C)N(CCC(O)c1c(N)ccc2c1COCO2)C(=O)O. The molecular formula is C15H22N2O5. The van der Waals surface area contributed by atoms with Crippen molar-refractivity contribution in [1.29, 1.82) is 0 Å². The first-order chi connectivity index (χ1) is 10.4. The lowest BCUT2D eigenvalue weighted by atomic mass is 9.97. The van der Waals surface area contributed by atoms with Crippen LogP contribution in [0.4, 0.5) is 10.5 Å². The number of hydrogen-bond acceptors (Lipinski definition) is 5. The minimum Gasteiger partial charge on any atom is -0.467 e. The van der Waals surface area contributed by atoms with Crippen LogP contribution in [0.2, 0.25) is 0 Å². The van der Waals surface area contributed by atoms with E-state index in [-0.39, 0.29) is 25.8 Å². The zero-order valence-electron chi connectivity index (χ0n) is 12.8. The van der Waals surface area contributed by atoms with Crippen molar-refractivity contribution >= 4 is 11.8 Å². The Morgan fingerprint density at radius 2 is 2.18 bits per heavy atom. The number of aliphatic hydroxyl groups is 1. The van der Waals surface area contributed by atoms with Gasteiger partial charge < -0.3 is 30.3 Å². The van der Waals surface area contributed by atoms with Gasteiger partial charge in [0.1, 0.15) is 5.75 Å². The average molecular weight is 310 g/mol. The van der Waals surface area contributed by atoms with Gasteiger partial charge >= 0.3 is 6.09 Å². The molecule has 0 fully saturated rings. The molecule has 1 aromatic carbocycles. The third kappa shape index (κ3) is 3.42. The Hall–Kier alpha value is -1.99. The fourth-order valence-corrected chi connectivity index (χ4v) is 2.57. The third-order valence-corrected chi connectivity index (χ3v) is 3.74. The van der Waals surface area contributed by atoms with Crippen molar-refractivity contribution in [3.05, 3.63) is 23.3 Å². The number of nitrogens with zero attached hydrogens (tertiary/aromatic N) is 1. The predicted octanol–water partition coefficient (Wildman–Crippen LogP) is 1.95. The summed E-state index contributed by atoms with van der Waals surface area (Å²) in [5, 5.41) is 19.6. The first kappa shape index (κ1) is 16.4. The van der Waals surface area contributed by atoms with Gasteiger partial charge in [-0.1, -0.05) is 0 Å². The summed E-state index contributed by atoms with van der Waals surface area (Å²) in [6, 6.07) is 3.28. The number of anilines is 1. The molecule has 0 saturated heterocycles. The summed E-state index contributed by atoms with van der Waals surface area (Å²) in [7, 11) is 0. The summed E-state index contributed by atoms with van der Waals surface area (Å²) in [6.07, 6.45) is -1.62. The van der Waals surface area contributed by atoms with E-state index in [1.54, 1.807) is 26.0 Å². The summed E-state index contributed by atoms with van der Waals surface area (Å²) in [4.78, 5) is 12.4. The first-order valence-corrected chi connectivity index (χ1v) is 7.21. The quantitative estimate of drug-likeness (QED) is 0.718. The molecule has 0 bridgehead atoms. The number of benzene rings is 1. The molecule has 22 heavy (non-hydrogen) atoms. The molecule has 122 valence electrons. The molecule has 1 unspecified atom stereocenters. The molecule has 2 rings (SSSR count). The van der Waals surface area contributed by atoms with Crippen molar-refractivity contribution < 1.29 is 24.5 Å². The molecule has 4 N–H and O–H groups in total. The lowest BCUT2D eigenvalue weighted by Crippen LogP contribution is -2.37. The van der Waals surface area contributed by atoms with Crippen molar-refractivity contribution in [3.63, 3.8) is 0 Å². The molecule has 1 aromatic rings. The van der Waals surface area contributed by atoms with Crippen LogP contribution < -0.4 is 10.5 Å². The van der Waals surface area contributed by atoms with Crippen LogP contribution in [0.25, 0.3) is 0 Å². The Morgan fingerprint density at radius 1 is 1.45 bits per heavy atom. The van der Waals surface area contributed by atoms with E-state index in [2.05, 4.69) is 0 Å². The summed E-state index contributed by atoms with van der Waals surface area (Å²) < 4.78 is 10.6. The van der Waals surface area contributed by atoms with E-state index in [0.717, 1.165) is 5.56 Å². The monoisotopic (exact) mass is 310 g/mol. The fourth-order valence-electron chi connectivity index (χ4n) is 2.57. The van der Waals surface area contributed by atoms with Gasteiger partial charge in [-0.3, -0.25) is 0 Å². The van der Waals surface area contributed by atoms with E-state index < -0.39 is 12.2 Å². The van der Waals surface area contributed by atoms with Gasteiger partial charge in [-0.05, 0) is 32.4 Å². The summed E-state index contributed by atoms with van der Waals surface area (Å²) >= 11 is 0. The van der Waals surface area contributed by atoms with Crippen LogP contribution in [-0.2, 0) is 11.3 Å². The largest absolute Gasteiger partial charge is 0.467 e. The molecule has 7 heteroatoms. The maximum atomic E-state index is 11.2. The molecule has 1 atom stereocenters. The van der Waals surface area contributed by atoms with Crippen molar-refractivity contribution in [3.8, 4) is 5.75 Å². The van der Waals surface area contributed by atoms with E-state index in [4.69, 9.17) is 20.3 Å². The molecule has 0 spiro atoms. The van der Waals surface area contributed by atoms with Crippen LogP contribution >= 0.6 is 0 Å². The maximum Gasteiger partial charge on any atom is 0.407 e. The number of nitrogens with two attached hydrogens (primary N) is 1. The average Bonchev–Trinajstić information content (AvgIpc) is 2.46. The zero-order chi connectivity index (χ0) is 16.3. The van der Waals surface area contributed by atoms with E-state index in [0.29, 0.717) is 23.6 Å². The Kier molecular flexibility index (Phi) is 5.10. The Balaban J connectivity index is 2.16. The second kappa shape index (κ2) is 6.85. The van der Waals surface area contributed by atoms with Gasteiger partial charge in [0, 0.05) is 29.4 Å². The van der Waals surface area contributed by atoms with Crippen molar-refractivity contribution in [1.82, 2.24) is 4.90 Å². The highest BCUT2D eigenvalue weighted by Gasteiger charge is 2.24. The third-order valence-electron chi connectivity index (χ3n) is 3.74. The second-order valence-corrected chi connectivity index (χ2v) is 5.53. The van der Waals surface area contributed by atoms with Crippen molar-refractivity contribution in [2.45, 2.75) is 39.0 Å². The van der Waals surface area contributed by atoms with Crippen LogP contribution in [0.3, 0.4) is 0 Å². The minimum atomic E-state index is -1.00. The highest BCUT2D eigenvalue weighted by molar-refractivity contribution is 5.65. The standard InChI is InChI=1S/C15H22N2O5/c1-9(2)17(15(19)20)6-5-12(18)14-10-7-21-8-22-13(10)4-3-11(14)16/h3-4,9,12,18H,5-8,16H2,1-2H3,(H,19,20). The number of carbonyl (C=O) groups is 1. The van der Waals surface area contributed by atoms with Crippen LogP contribution in [0.5, 0.6) is 5.75 Å². The van der Waals surface area contributed by atoms with Crippen LogP contribution in [-0.4, -0.2) is 40.6 Å². The number of fused-ring (bicyclic) bond motifs is 1. The van der Waals surface area contributed by atoms with E-state index >= 15 is 0 Å². The van der Waals surface area contributed by atoms with Crippen LogP contribution in [0.1, 0.15) is 37.5 Å². The Morgan fingerprint density at radius 3 is 2.82 bits per heavy atom. The second-order valence-electron chi connectivity index (χ2n) is 5.53. The van der Waals surface area contributed by atoms with Gasteiger partial charge in [-0.2, -0.15) is 0 Å². The first-order valence-electron chi connectivity index (χ1n) is 7.21. The smallest absolute Gasteiger partial charge is 0.407 e. The number of amides is 1. The van der Waals surface area contributed by atoms with Crippen molar-refractivity contribution in [2.24, 2.45) is 0 Å². The molecule has 0 aliphatic carbocycles. The van der Waals surface area contributed by atoms with Gasteiger partial charge in [-0.15, -0.1) is 0 Å². The normalized spacial score (nSPS) is 15.1. The van der Waals surface area contributed by atoms with E-state index in [1.165, 1.54) is 4.90 Å². The van der Waals surface area contributed by atoms with Gasteiger partial charge in [-0.25, -0.2) is 4.79 Å². The van der Waals surface area contributed by atoms with E-state index in [1.807, 2.05) is 0 Å². The molecule has 0 radical (unpaired) electrons. The molecule has 0 saturated carbocycles. The summed E-state index contributed by atoms with van der Waals surface area (Å²) in [6.45, 7) is 4.30. The van der Waals surface area contributed by atoms with Gasteiger partial charge in [0.15, 0.2) is 6.79 Å². The topological polar surface area (TPSA) is 105 Å². The number of ether oxygens (including phenoxy) is 2. The number of hydrogen-bond donors (Lipinski definition) is 3. The zero-order valence-corrected chi connectivity index (χ0v) is 12.8. The fraction of sp³-hybridized carbons (Fsp3) is 0.533. The van der Waals surface area contributed by atoms with Gasteiger partial charge in [0.05, 0.1) is 12.7 Å². The van der Waals surface area contributed by atoms with Crippen LogP contribution in [0, 0.1) is 0 Å². The highest BCUT2D eigenvalue weighted by atomic mass is 16.7. The van der Waals surface area contributed by atoms with Crippen LogP contribution in [0.15, 0.2) is 12.1 Å². The predicted molar refractivity (Wildman–Crippen MR) is 80.6 cm³/mol. The molecule has 0 aromatic heterocycles. The summed E-state index contributed by atoms with van der Waals surface area (Å²) in [5.41, 5.74) is 7.71. The molecule has 1 heterocycles. The Bertz CT molecular complexity index is 547. The number of nitrogen functional groups attached to an aromatic ring is 1. The molecule has 1 aliphatic rings. The molecule has 1 aliphatic heterocycles. The summed E-state index contributed by atoms with van der Waals surface area (Å²) in [5.74, 6) is 0.647. The van der Waals surface area contributed by atoms with Crippen molar-refractivity contribution in [2.75, 3.05) is 19.1 Å². The minimum absolute atomic E-state index is 0.154. The van der Waals surface area contributed by atoms with Gasteiger partial charge in [0.2, 0.25) is 0 Å². The van der Waals surface area contributed by atoms with Gasteiger partial charge in [0.25, 0.3) is 0 Å². The molecule has 1 amide bonds. The maximum absolute atomic E-state index is 11.2. The van der Waals surface area contributed by atoms with E-state index in [9.17, 15) is 9.90 Å². The number of aliphatic hydroxyl groups excluding tert-OH is 1. The number of rotatable bonds is 5. The molecule has 7 nitrogen and oxygen atoms in total. The molecular weight excluding hydrogens is 288 g/mol. The number of carboxylic acid groups (broad SMARTS) is 1. The highest BCUT2D eigenvalue weighted by Crippen LogP contribution is 2.35. The lowest BCUT2D eigenvalue weighted by Gasteiger charge is -2.27.